The van der Waals surface area contributed by atoms with Crippen molar-refractivity contribution in [2.24, 2.45) is 0 Å². The summed E-state index contributed by atoms with van der Waals surface area (Å²) in [6.45, 7) is 3.67. The van der Waals surface area contributed by atoms with Crippen LogP contribution < -0.4 is 5.73 Å². The molecule has 2 rings (SSSR count). The molecular formula is C12H14N2OS. The minimum Gasteiger partial charge on any atom is -0.383 e. The molecule has 0 saturated heterocycles. The predicted octanol–water partition coefficient (Wildman–Crippen LogP) is 2.29. The summed E-state index contributed by atoms with van der Waals surface area (Å²) in [7, 11) is 0. The lowest BCUT2D eigenvalue weighted by Crippen LogP contribution is -2.23. The zero-order valence-corrected chi connectivity index (χ0v) is 10.1. The summed E-state index contributed by atoms with van der Waals surface area (Å²) in [6.07, 6.45) is 1.70. The van der Waals surface area contributed by atoms with Crippen LogP contribution in [0.4, 0.5) is 5.82 Å². The number of pyridine rings is 1. The van der Waals surface area contributed by atoms with Gasteiger partial charge in [0, 0.05) is 16.6 Å². The van der Waals surface area contributed by atoms with E-state index in [0.29, 0.717) is 11.4 Å². The molecule has 1 unspecified atom stereocenters. The molecule has 0 bridgehead atoms. The van der Waals surface area contributed by atoms with E-state index < -0.39 is 5.60 Å². The minimum absolute atomic E-state index is 0.379. The van der Waals surface area contributed by atoms with Crippen molar-refractivity contribution in [1.82, 2.24) is 4.98 Å². The van der Waals surface area contributed by atoms with E-state index in [-0.39, 0.29) is 0 Å². The molecule has 2 heterocycles. The number of thiophene rings is 1. The summed E-state index contributed by atoms with van der Waals surface area (Å²) in [4.78, 5) is 4.94. The summed E-state index contributed by atoms with van der Waals surface area (Å²) in [5, 5.41) is 12.5. The van der Waals surface area contributed by atoms with Crippen LogP contribution in [0, 0.1) is 6.92 Å². The van der Waals surface area contributed by atoms with Crippen LogP contribution in [0.15, 0.2) is 29.8 Å². The van der Waals surface area contributed by atoms with Gasteiger partial charge in [0.1, 0.15) is 11.4 Å². The van der Waals surface area contributed by atoms with Crippen LogP contribution in [0.25, 0.3) is 0 Å². The molecule has 3 N–H and O–H groups in total. The molecule has 0 aliphatic rings. The molecular weight excluding hydrogens is 220 g/mol. The quantitative estimate of drug-likeness (QED) is 0.838. The number of anilines is 1. The van der Waals surface area contributed by atoms with Crippen LogP contribution in [0.5, 0.6) is 0 Å². The van der Waals surface area contributed by atoms with Crippen molar-refractivity contribution >= 4 is 17.2 Å². The number of nitrogens with two attached hydrogens (primary N) is 1. The summed E-state index contributed by atoms with van der Waals surface area (Å²) in [6, 6.07) is 5.68. The highest BCUT2D eigenvalue weighted by Gasteiger charge is 2.29. The van der Waals surface area contributed by atoms with Crippen molar-refractivity contribution < 1.29 is 5.11 Å². The highest BCUT2D eigenvalue weighted by Crippen LogP contribution is 2.34. The van der Waals surface area contributed by atoms with Gasteiger partial charge < -0.3 is 10.8 Å². The molecule has 0 spiro atoms. The van der Waals surface area contributed by atoms with Crippen LogP contribution in [0.1, 0.15) is 22.9 Å². The number of hydrogen-bond acceptors (Lipinski definition) is 4. The van der Waals surface area contributed by atoms with E-state index in [4.69, 9.17) is 5.73 Å². The summed E-state index contributed by atoms with van der Waals surface area (Å²) in [5.74, 6) is 0.379. The van der Waals surface area contributed by atoms with Gasteiger partial charge in [0.05, 0.1) is 0 Å². The number of nitrogen functional groups attached to an aromatic ring is 1. The maximum absolute atomic E-state index is 10.5. The maximum Gasteiger partial charge on any atom is 0.129 e. The van der Waals surface area contributed by atoms with E-state index in [2.05, 4.69) is 4.98 Å². The van der Waals surface area contributed by atoms with Crippen molar-refractivity contribution in [2.75, 3.05) is 5.73 Å². The third-order valence-electron chi connectivity index (χ3n) is 2.58. The Labute approximate surface area is 98.6 Å². The average molecular weight is 234 g/mol. The van der Waals surface area contributed by atoms with Crippen LogP contribution in [-0.2, 0) is 5.60 Å². The maximum atomic E-state index is 10.5. The fourth-order valence-electron chi connectivity index (χ4n) is 1.66. The van der Waals surface area contributed by atoms with E-state index in [1.54, 1.807) is 13.1 Å². The van der Waals surface area contributed by atoms with Crippen molar-refractivity contribution in [3.63, 3.8) is 0 Å². The van der Waals surface area contributed by atoms with E-state index in [1.807, 2.05) is 30.5 Å². The van der Waals surface area contributed by atoms with Crippen LogP contribution in [0.3, 0.4) is 0 Å². The summed E-state index contributed by atoms with van der Waals surface area (Å²) < 4.78 is 0. The van der Waals surface area contributed by atoms with Crippen LogP contribution >= 0.6 is 11.3 Å². The standard InChI is InChI=1S/C12H14N2OS/c1-8-6-9(11(13)14-7-8)12(2,15)10-4-3-5-16-10/h3-7,15H,1-2H3,(H2,13,14). The molecule has 0 aliphatic carbocycles. The molecule has 84 valence electrons. The second kappa shape index (κ2) is 3.88. The number of nitrogens with zero attached hydrogens (tertiary/aromatic N) is 1. The van der Waals surface area contributed by atoms with Crippen molar-refractivity contribution in [3.05, 3.63) is 45.8 Å². The first kappa shape index (κ1) is 11.1. The normalized spacial score (nSPS) is 14.7. The first-order valence-electron chi connectivity index (χ1n) is 5.01. The molecule has 2 aromatic rings. The second-order valence-electron chi connectivity index (χ2n) is 3.99. The van der Waals surface area contributed by atoms with Gasteiger partial charge >= 0.3 is 0 Å². The molecule has 16 heavy (non-hydrogen) atoms. The predicted molar refractivity (Wildman–Crippen MR) is 66.4 cm³/mol. The number of aromatic nitrogens is 1. The lowest BCUT2D eigenvalue weighted by atomic mass is 9.94. The fourth-order valence-corrected chi connectivity index (χ4v) is 2.46. The lowest BCUT2D eigenvalue weighted by molar-refractivity contribution is 0.107. The van der Waals surface area contributed by atoms with Gasteiger partial charge in [-0.05, 0) is 36.9 Å². The molecule has 4 heteroatoms. The molecule has 1 atom stereocenters. The van der Waals surface area contributed by atoms with E-state index in [9.17, 15) is 5.11 Å². The van der Waals surface area contributed by atoms with Crippen molar-refractivity contribution in [1.29, 1.82) is 0 Å². The smallest absolute Gasteiger partial charge is 0.129 e. The molecule has 0 aliphatic heterocycles. The van der Waals surface area contributed by atoms with E-state index in [0.717, 1.165) is 10.4 Å². The Morgan fingerprint density at radius 1 is 1.50 bits per heavy atom. The Bertz CT molecular complexity index is 492. The molecule has 0 aromatic carbocycles. The van der Waals surface area contributed by atoms with Gasteiger partial charge in [-0.25, -0.2) is 4.98 Å². The highest BCUT2D eigenvalue weighted by molar-refractivity contribution is 7.10. The van der Waals surface area contributed by atoms with Gasteiger partial charge in [-0.15, -0.1) is 11.3 Å². The van der Waals surface area contributed by atoms with Crippen LogP contribution in [-0.4, -0.2) is 10.1 Å². The Morgan fingerprint density at radius 2 is 2.25 bits per heavy atom. The Morgan fingerprint density at radius 3 is 2.88 bits per heavy atom. The van der Waals surface area contributed by atoms with Gasteiger partial charge in [-0.3, -0.25) is 0 Å². The lowest BCUT2D eigenvalue weighted by Gasteiger charge is -2.23. The highest BCUT2D eigenvalue weighted by atomic mass is 32.1. The van der Waals surface area contributed by atoms with Crippen molar-refractivity contribution in [3.8, 4) is 0 Å². The number of aryl methyl sites for hydroxylation is 1. The SMILES string of the molecule is Cc1cnc(N)c(C(C)(O)c2cccs2)c1. The van der Waals surface area contributed by atoms with E-state index >= 15 is 0 Å². The first-order valence-corrected chi connectivity index (χ1v) is 5.88. The molecule has 3 nitrogen and oxygen atoms in total. The van der Waals surface area contributed by atoms with Gasteiger partial charge in [-0.1, -0.05) is 6.07 Å². The van der Waals surface area contributed by atoms with Crippen molar-refractivity contribution in [2.45, 2.75) is 19.4 Å². The number of rotatable bonds is 2. The minimum atomic E-state index is -1.07. The largest absolute Gasteiger partial charge is 0.383 e. The Balaban J connectivity index is 2.55. The average Bonchev–Trinajstić information content (AvgIpc) is 2.75. The van der Waals surface area contributed by atoms with Gasteiger partial charge in [0.15, 0.2) is 0 Å². The second-order valence-corrected chi connectivity index (χ2v) is 4.94. The third-order valence-corrected chi connectivity index (χ3v) is 3.66. The van der Waals surface area contributed by atoms with Gasteiger partial charge in [0.2, 0.25) is 0 Å². The topological polar surface area (TPSA) is 59.1 Å². The molecule has 0 radical (unpaired) electrons. The molecule has 0 amide bonds. The first-order chi connectivity index (χ1) is 7.51. The Kier molecular flexibility index (Phi) is 2.69. The molecule has 0 fully saturated rings. The van der Waals surface area contributed by atoms with Gasteiger partial charge in [-0.2, -0.15) is 0 Å². The fraction of sp³-hybridized carbons (Fsp3) is 0.250. The summed E-state index contributed by atoms with van der Waals surface area (Å²) in [5.41, 5.74) is 6.39. The van der Waals surface area contributed by atoms with Crippen LogP contribution in [0.2, 0.25) is 0 Å². The third kappa shape index (κ3) is 1.81. The Hall–Kier alpha value is -1.39. The zero-order chi connectivity index (χ0) is 11.8. The monoisotopic (exact) mass is 234 g/mol. The molecule has 0 saturated carbocycles. The zero-order valence-electron chi connectivity index (χ0n) is 9.27. The van der Waals surface area contributed by atoms with E-state index in [1.165, 1.54) is 11.3 Å². The molecule has 2 aromatic heterocycles. The number of aliphatic hydroxyl groups is 1. The van der Waals surface area contributed by atoms with Gasteiger partial charge in [0.25, 0.3) is 0 Å². The summed E-state index contributed by atoms with van der Waals surface area (Å²) >= 11 is 1.51. The number of hydrogen-bond donors (Lipinski definition) is 2.